The van der Waals surface area contributed by atoms with Gasteiger partial charge in [-0.2, -0.15) is 0 Å². The number of nitrogens with two attached hydrogens (primary N) is 1. The Balaban J connectivity index is 2.05. The van der Waals surface area contributed by atoms with Crippen LogP contribution in [0.3, 0.4) is 0 Å². The molecule has 4 unspecified atom stereocenters. The summed E-state index contributed by atoms with van der Waals surface area (Å²) in [6, 6.07) is 0.684. The molecule has 2 N–H and O–H groups in total. The first-order valence-electron chi connectivity index (χ1n) is 8.27. The summed E-state index contributed by atoms with van der Waals surface area (Å²) in [6.07, 6.45) is 5.13. The van der Waals surface area contributed by atoms with Crippen LogP contribution in [0.2, 0.25) is 0 Å². The molecule has 4 heteroatoms. The predicted molar refractivity (Wildman–Crippen MR) is 82.4 cm³/mol. The molecule has 1 saturated heterocycles. The Labute approximate surface area is 123 Å². The van der Waals surface area contributed by atoms with Crippen molar-refractivity contribution in [2.45, 2.75) is 58.0 Å². The molecule has 0 aromatic heterocycles. The number of nitrogens with zero attached hydrogens (tertiary/aromatic N) is 2. The smallest absolute Gasteiger partial charge is 0.226 e. The number of amides is 1. The molecule has 1 saturated carbocycles. The number of carbonyl (C=O) groups is 1. The predicted octanol–water partition coefficient (Wildman–Crippen LogP) is 1.69. The first-order chi connectivity index (χ1) is 9.52. The maximum absolute atomic E-state index is 13.0. The van der Waals surface area contributed by atoms with Gasteiger partial charge in [0.1, 0.15) is 0 Å². The summed E-state index contributed by atoms with van der Waals surface area (Å²) in [5.41, 5.74) is 6.03. The summed E-state index contributed by atoms with van der Waals surface area (Å²) < 4.78 is 0. The summed E-state index contributed by atoms with van der Waals surface area (Å²) in [5, 5.41) is 0. The Bertz CT molecular complexity index is 334. The van der Waals surface area contributed by atoms with Gasteiger partial charge in [-0.3, -0.25) is 4.79 Å². The Morgan fingerprint density at radius 1 is 1.30 bits per heavy atom. The monoisotopic (exact) mass is 281 g/mol. The normalized spacial score (nSPS) is 36.7. The Morgan fingerprint density at radius 3 is 2.70 bits per heavy atom. The third-order valence-corrected chi connectivity index (χ3v) is 5.18. The van der Waals surface area contributed by atoms with E-state index in [1.807, 2.05) is 0 Å². The molecule has 2 rings (SSSR count). The zero-order valence-electron chi connectivity index (χ0n) is 13.3. The van der Waals surface area contributed by atoms with Crippen LogP contribution < -0.4 is 5.73 Å². The molecule has 20 heavy (non-hydrogen) atoms. The van der Waals surface area contributed by atoms with Crippen LogP contribution in [0.4, 0.5) is 0 Å². The van der Waals surface area contributed by atoms with Crippen molar-refractivity contribution in [1.82, 2.24) is 9.80 Å². The first kappa shape index (κ1) is 15.8. The average molecular weight is 281 g/mol. The summed E-state index contributed by atoms with van der Waals surface area (Å²) in [5.74, 6) is 1.03. The highest BCUT2D eigenvalue weighted by atomic mass is 16.2. The van der Waals surface area contributed by atoms with E-state index in [1.165, 1.54) is 0 Å². The van der Waals surface area contributed by atoms with Gasteiger partial charge in [0.25, 0.3) is 0 Å². The van der Waals surface area contributed by atoms with E-state index in [2.05, 4.69) is 30.7 Å². The lowest BCUT2D eigenvalue weighted by Crippen LogP contribution is -2.49. The van der Waals surface area contributed by atoms with E-state index in [9.17, 15) is 4.79 Å². The van der Waals surface area contributed by atoms with Crippen LogP contribution in [-0.2, 0) is 4.79 Å². The lowest BCUT2D eigenvalue weighted by Gasteiger charge is -2.38. The summed E-state index contributed by atoms with van der Waals surface area (Å²) in [7, 11) is 2.17. The van der Waals surface area contributed by atoms with Gasteiger partial charge in [-0.05, 0) is 51.6 Å². The maximum atomic E-state index is 13.0. The van der Waals surface area contributed by atoms with E-state index in [0.717, 1.165) is 51.7 Å². The van der Waals surface area contributed by atoms with Gasteiger partial charge in [0.15, 0.2) is 0 Å². The lowest BCUT2D eigenvalue weighted by molar-refractivity contribution is -0.140. The molecule has 1 aliphatic carbocycles. The Hall–Kier alpha value is -0.610. The van der Waals surface area contributed by atoms with Crippen molar-refractivity contribution < 1.29 is 4.79 Å². The number of carbonyl (C=O) groups excluding carboxylic acids is 1. The van der Waals surface area contributed by atoms with Gasteiger partial charge in [-0.1, -0.05) is 13.8 Å². The van der Waals surface area contributed by atoms with Gasteiger partial charge >= 0.3 is 0 Å². The maximum Gasteiger partial charge on any atom is 0.226 e. The molecule has 0 bridgehead atoms. The molecule has 4 atom stereocenters. The minimum absolute atomic E-state index is 0.201. The Kier molecular flexibility index (Phi) is 5.44. The van der Waals surface area contributed by atoms with Crippen molar-refractivity contribution >= 4 is 5.91 Å². The fourth-order valence-electron chi connectivity index (χ4n) is 3.90. The molecule has 0 aromatic rings. The van der Waals surface area contributed by atoms with Crippen LogP contribution in [-0.4, -0.2) is 54.5 Å². The first-order valence-corrected chi connectivity index (χ1v) is 8.27. The van der Waals surface area contributed by atoms with Gasteiger partial charge in [0.2, 0.25) is 5.91 Å². The third kappa shape index (κ3) is 3.53. The van der Waals surface area contributed by atoms with Crippen molar-refractivity contribution in [3.63, 3.8) is 0 Å². The summed E-state index contributed by atoms with van der Waals surface area (Å²) in [6.45, 7) is 7.45. The molecule has 0 radical (unpaired) electrons. The molecule has 1 aliphatic heterocycles. The molecule has 1 heterocycles. The third-order valence-electron chi connectivity index (χ3n) is 5.18. The van der Waals surface area contributed by atoms with Gasteiger partial charge < -0.3 is 15.5 Å². The fourth-order valence-corrected chi connectivity index (χ4v) is 3.90. The van der Waals surface area contributed by atoms with Crippen molar-refractivity contribution in [2.24, 2.45) is 17.6 Å². The molecule has 116 valence electrons. The highest BCUT2D eigenvalue weighted by Gasteiger charge is 2.36. The van der Waals surface area contributed by atoms with Gasteiger partial charge in [-0.25, -0.2) is 0 Å². The largest absolute Gasteiger partial charge is 0.338 e. The minimum Gasteiger partial charge on any atom is -0.338 e. The van der Waals surface area contributed by atoms with Crippen LogP contribution in [0.5, 0.6) is 0 Å². The molecule has 0 spiro atoms. The quantitative estimate of drug-likeness (QED) is 0.838. The van der Waals surface area contributed by atoms with Gasteiger partial charge in [-0.15, -0.1) is 0 Å². The number of rotatable bonds is 2. The van der Waals surface area contributed by atoms with Gasteiger partial charge in [0.05, 0.1) is 0 Å². The molecule has 1 amide bonds. The molecular weight excluding hydrogens is 250 g/mol. The van der Waals surface area contributed by atoms with E-state index in [4.69, 9.17) is 5.73 Å². The van der Waals surface area contributed by atoms with E-state index in [1.54, 1.807) is 0 Å². The minimum atomic E-state index is 0.201. The van der Waals surface area contributed by atoms with E-state index in [-0.39, 0.29) is 5.92 Å². The second kappa shape index (κ2) is 6.90. The van der Waals surface area contributed by atoms with Crippen LogP contribution in [0.1, 0.15) is 46.0 Å². The highest BCUT2D eigenvalue weighted by Crippen LogP contribution is 2.31. The van der Waals surface area contributed by atoms with E-state index in [0.29, 0.717) is 23.9 Å². The lowest BCUT2D eigenvalue weighted by atomic mass is 9.77. The molecule has 2 fully saturated rings. The number of hydrogen-bond acceptors (Lipinski definition) is 3. The zero-order chi connectivity index (χ0) is 14.7. The molecule has 0 aromatic carbocycles. The van der Waals surface area contributed by atoms with Crippen LogP contribution in [0.15, 0.2) is 0 Å². The summed E-state index contributed by atoms with van der Waals surface area (Å²) >= 11 is 0. The van der Waals surface area contributed by atoms with Crippen LogP contribution in [0, 0.1) is 11.8 Å². The van der Waals surface area contributed by atoms with Crippen LogP contribution in [0.25, 0.3) is 0 Å². The van der Waals surface area contributed by atoms with Crippen molar-refractivity contribution in [2.75, 3.05) is 26.7 Å². The highest BCUT2D eigenvalue weighted by molar-refractivity contribution is 5.79. The van der Waals surface area contributed by atoms with E-state index >= 15 is 0 Å². The molecule has 4 nitrogen and oxygen atoms in total. The van der Waals surface area contributed by atoms with Crippen LogP contribution >= 0.6 is 0 Å². The Morgan fingerprint density at radius 2 is 2.05 bits per heavy atom. The number of hydrogen-bond donors (Lipinski definition) is 1. The zero-order valence-corrected chi connectivity index (χ0v) is 13.3. The SMILES string of the molecule is CCC1CN(C)CCCN1C(=O)C1CCC(N)CC1C. The van der Waals surface area contributed by atoms with Crippen molar-refractivity contribution in [1.29, 1.82) is 0 Å². The topological polar surface area (TPSA) is 49.6 Å². The van der Waals surface area contributed by atoms with Gasteiger partial charge in [0, 0.05) is 31.1 Å². The molecule has 2 aliphatic rings. The van der Waals surface area contributed by atoms with Crippen molar-refractivity contribution in [3.8, 4) is 0 Å². The second-order valence-corrected chi connectivity index (χ2v) is 6.87. The standard InChI is InChI=1S/C16H31N3O/c1-4-14-11-18(3)8-5-9-19(14)16(20)15-7-6-13(17)10-12(15)2/h12-15H,4-11,17H2,1-3H3. The van der Waals surface area contributed by atoms with E-state index < -0.39 is 0 Å². The van der Waals surface area contributed by atoms with Crippen molar-refractivity contribution in [3.05, 3.63) is 0 Å². The average Bonchev–Trinajstić information content (AvgIpc) is 2.59. The summed E-state index contributed by atoms with van der Waals surface area (Å²) in [4.78, 5) is 17.5. The second-order valence-electron chi connectivity index (χ2n) is 6.87. The fraction of sp³-hybridized carbons (Fsp3) is 0.938. The molecular formula is C16H31N3O. The number of likely N-dealkylation sites (N-methyl/N-ethyl adjacent to an activating group) is 1.